The van der Waals surface area contributed by atoms with Crippen molar-refractivity contribution < 1.29 is 26.3 Å². The SMILES string of the molecule is CN1CC[C@@H](COCc2ccccn2)CC12CN(S(=O)(=O)C(F)(F)F)C2. The van der Waals surface area contributed by atoms with E-state index in [4.69, 9.17) is 4.74 Å². The van der Waals surface area contributed by atoms with Crippen molar-refractivity contribution in [1.82, 2.24) is 14.2 Å². The van der Waals surface area contributed by atoms with Gasteiger partial charge in [0.2, 0.25) is 0 Å². The summed E-state index contributed by atoms with van der Waals surface area (Å²) in [6.45, 7) is 1.33. The van der Waals surface area contributed by atoms with Crippen LogP contribution in [-0.2, 0) is 21.4 Å². The van der Waals surface area contributed by atoms with E-state index in [0.29, 0.717) is 30.5 Å². The van der Waals surface area contributed by atoms with Gasteiger partial charge in [-0.15, -0.1) is 0 Å². The Labute approximate surface area is 151 Å². The van der Waals surface area contributed by atoms with Crippen LogP contribution in [0, 0.1) is 5.92 Å². The summed E-state index contributed by atoms with van der Waals surface area (Å²) in [7, 11) is -3.41. The molecule has 0 saturated carbocycles. The van der Waals surface area contributed by atoms with Gasteiger partial charge in [0.25, 0.3) is 0 Å². The molecule has 0 aliphatic carbocycles. The summed E-state index contributed by atoms with van der Waals surface area (Å²) in [6.07, 6.45) is 3.18. The van der Waals surface area contributed by atoms with Gasteiger partial charge in [-0.2, -0.15) is 17.5 Å². The van der Waals surface area contributed by atoms with Gasteiger partial charge in [0, 0.05) is 24.8 Å². The average Bonchev–Trinajstić information content (AvgIpc) is 2.54. The van der Waals surface area contributed by atoms with Gasteiger partial charge in [-0.25, -0.2) is 8.42 Å². The van der Waals surface area contributed by atoms with E-state index < -0.39 is 21.1 Å². The Bertz CT molecular complexity index is 721. The molecule has 0 N–H and O–H groups in total. The number of likely N-dealkylation sites (N-methyl/N-ethyl adjacent to an activating group) is 1. The van der Waals surface area contributed by atoms with Crippen molar-refractivity contribution in [3.63, 3.8) is 0 Å². The largest absolute Gasteiger partial charge is 0.511 e. The fourth-order valence-corrected chi connectivity index (χ4v) is 4.77. The van der Waals surface area contributed by atoms with Crippen molar-refractivity contribution in [3.8, 4) is 0 Å². The maximum atomic E-state index is 12.7. The molecule has 3 rings (SSSR count). The third-order valence-corrected chi connectivity index (χ3v) is 6.78. The van der Waals surface area contributed by atoms with E-state index in [9.17, 15) is 21.6 Å². The Morgan fingerprint density at radius 1 is 1.35 bits per heavy atom. The second-order valence-corrected chi connectivity index (χ2v) is 8.99. The standard InChI is InChI=1S/C16H22F3N3O3S/c1-21-7-5-13(9-25-10-14-4-2-3-6-20-14)8-15(21)11-22(12-15)26(23,24)16(17,18)19/h2-4,6,13H,5,7-12H2,1H3/t13-/m1/s1. The Morgan fingerprint density at radius 3 is 2.69 bits per heavy atom. The zero-order valence-electron chi connectivity index (χ0n) is 14.4. The van der Waals surface area contributed by atoms with E-state index in [0.717, 1.165) is 12.1 Å². The Kier molecular flexibility index (Phi) is 5.31. The number of alkyl halides is 3. The molecule has 26 heavy (non-hydrogen) atoms. The molecule has 1 aromatic rings. The second-order valence-electron chi connectivity index (χ2n) is 7.06. The number of piperidine rings is 1. The topological polar surface area (TPSA) is 62.7 Å². The number of rotatable bonds is 5. The molecule has 2 fully saturated rings. The normalized spacial score (nSPS) is 24.5. The monoisotopic (exact) mass is 393 g/mol. The van der Waals surface area contributed by atoms with Crippen LogP contribution in [-0.4, -0.2) is 66.9 Å². The summed E-state index contributed by atoms with van der Waals surface area (Å²) in [5, 5.41) is 0. The third kappa shape index (κ3) is 3.73. The number of likely N-dealkylation sites (tertiary alicyclic amines) is 1. The molecule has 1 atom stereocenters. The molecule has 0 unspecified atom stereocenters. The Morgan fingerprint density at radius 2 is 2.08 bits per heavy atom. The number of aromatic nitrogens is 1. The van der Waals surface area contributed by atoms with Crippen LogP contribution in [0.5, 0.6) is 0 Å². The van der Waals surface area contributed by atoms with Gasteiger partial charge in [0.05, 0.1) is 18.9 Å². The highest BCUT2D eigenvalue weighted by atomic mass is 32.2. The van der Waals surface area contributed by atoms with Crippen LogP contribution in [0.25, 0.3) is 0 Å². The molecule has 1 spiro atoms. The van der Waals surface area contributed by atoms with Crippen LogP contribution in [0.4, 0.5) is 13.2 Å². The predicted octanol–water partition coefficient (Wildman–Crippen LogP) is 1.84. The molecule has 0 bridgehead atoms. The van der Waals surface area contributed by atoms with Crippen molar-refractivity contribution in [1.29, 1.82) is 0 Å². The summed E-state index contributed by atoms with van der Waals surface area (Å²) < 4.78 is 67.4. The molecule has 0 radical (unpaired) electrons. The second kappa shape index (κ2) is 7.06. The van der Waals surface area contributed by atoms with E-state index in [1.54, 1.807) is 6.20 Å². The highest BCUT2D eigenvalue weighted by Crippen LogP contribution is 2.42. The van der Waals surface area contributed by atoms with Gasteiger partial charge in [-0.1, -0.05) is 6.07 Å². The summed E-state index contributed by atoms with van der Waals surface area (Å²) in [5.74, 6) is 0.186. The summed E-state index contributed by atoms with van der Waals surface area (Å²) in [5.41, 5.74) is -4.95. The van der Waals surface area contributed by atoms with E-state index in [1.165, 1.54) is 0 Å². The molecule has 0 amide bonds. The van der Waals surface area contributed by atoms with Gasteiger partial charge in [-0.3, -0.25) is 9.88 Å². The minimum absolute atomic E-state index is 0.123. The quantitative estimate of drug-likeness (QED) is 0.764. The maximum Gasteiger partial charge on any atom is 0.511 e. The lowest BCUT2D eigenvalue weighted by Crippen LogP contribution is -2.73. The fourth-order valence-electron chi connectivity index (χ4n) is 3.66. The van der Waals surface area contributed by atoms with Gasteiger partial charge in [0.1, 0.15) is 0 Å². The van der Waals surface area contributed by atoms with E-state index >= 15 is 0 Å². The van der Waals surface area contributed by atoms with Crippen molar-refractivity contribution in [2.45, 2.75) is 30.5 Å². The van der Waals surface area contributed by atoms with Crippen LogP contribution in [0.2, 0.25) is 0 Å². The number of ether oxygens (including phenoxy) is 1. The molecule has 2 aliphatic rings. The molecule has 6 nitrogen and oxygen atoms in total. The minimum Gasteiger partial charge on any atom is -0.375 e. The third-order valence-electron chi connectivity index (χ3n) is 5.25. The lowest BCUT2D eigenvalue weighted by Gasteiger charge is -2.57. The predicted molar refractivity (Wildman–Crippen MR) is 88.5 cm³/mol. The number of nitrogens with zero attached hydrogens (tertiary/aromatic N) is 3. The first kappa shape index (κ1) is 19.5. The Balaban J connectivity index is 1.55. The van der Waals surface area contributed by atoms with E-state index in [1.807, 2.05) is 30.1 Å². The van der Waals surface area contributed by atoms with Gasteiger partial charge < -0.3 is 4.74 Å². The smallest absolute Gasteiger partial charge is 0.375 e. The number of hydrogen-bond acceptors (Lipinski definition) is 5. The zero-order chi connectivity index (χ0) is 19.0. The number of sulfonamides is 1. The fraction of sp³-hybridized carbons (Fsp3) is 0.688. The highest BCUT2D eigenvalue weighted by Gasteiger charge is 2.60. The molecule has 10 heteroatoms. The molecular weight excluding hydrogens is 371 g/mol. The van der Waals surface area contributed by atoms with Crippen LogP contribution >= 0.6 is 0 Å². The molecular formula is C16H22F3N3O3S. The van der Waals surface area contributed by atoms with Crippen LogP contribution in [0.15, 0.2) is 24.4 Å². The van der Waals surface area contributed by atoms with Crippen molar-refractivity contribution in [2.24, 2.45) is 5.92 Å². The first-order chi connectivity index (χ1) is 12.1. The molecule has 3 heterocycles. The number of pyridine rings is 1. The van der Waals surface area contributed by atoms with Crippen molar-refractivity contribution in [3.05, 3.63) is 30.1 Å². The van der Waals surface area contributed by atoms with Gasteiger partial charge >= 0.3 is 15.5 Å². The summed E-state index contributed by atoms with van der Waals surface area (Å²) >= 11 is 0. The van der Waals surface area contributed by atoms with Crippen LogP contribution in [0.1, 0.15) is 18.5 Å². The first-order valence-electron chi connectivity index (χ1n) is 8.39. The number of hydrogen-bond donors (Lipinski definition) is 0. The van der Waals surface area contributed by atoms with Gasteiger partial charge in [0.15, 0.2) is 0 Å². The first-order valence-corrected chi connectivity index (χ1v) is 9.83. The van der Waals surface area contributed by atoms with E-state index in [-0.39, 0.29) is 19.0 Å². The molecule has 2 saturated heterocycles. The van der Waals surface area contributed by atoms with Crippen molar-refractivity contribution in [2.75, 3.05) is 33.3 Å². The lowest BCUT2D eigenvalue weighted by atomic mass is 9.77. The van der Waals surface area contributed by atoms with Crippen LogP contribution in [0.3, 0.4) is 0 Å². The molecule has 0 aromatic carbocycles. The molecule has 1 aromatic heterocycles. The van der Waals surface area contributed by atoms with Gasteiger partial charge in [-0.05, 0) is 44.5 Å². The highest BCUT2D eigenvalue weighted by molar-refractivity contribution is 7.90. The van der Waals surface area contributed by atoms with Crippen LogP contribution < -0.4 is 0 Å². The number of halogens is 3. The van der Waals surface area contributed by atoms with Crippen molar-refractivity contribution >= 4 is 10.0 Å². The maximum absolute atomic E-state index is 12.7. The summed E-state index contributed by atoms with van der Waals surface area (Å²) in [6, 6.07) is 5.56. The average molecular weight is 393 g/mol. The molecule has 2 aliphatic heterocycles. The summed E-state index contributed by atoms with van der Waals surface area (Å²) in [4.78, 5) is 6.15. The zero-order valence-corrected chi connectivity index (χ0v) is 15.3. The lowest BCUT2D eigenvalue weighted by molar-refractivity contribution is -0.0804. The van der Waals surface area contributed by atoms with E-state index in [2.05, 4.69) is 4.98 Å². The Hall–Kier alpha value is -1.23. The molecule has 146 valence electrons. The minimum atomic E-state index is -5.24.